The molecule has 17 heavy (non-hydrogen) atoms. The number of hydrogen-bond acceptors (Lipinski definition) is 3. The zero-order valence-electron chi connectivity index (χ0n) is 10.3. The molecule has 1 aliphatic heterocycles. The number of pyridine rings is 1. The van der Waals surface area contributed by atoms with E-state index in [4.69, 9.17) is 4.74 Å². The Bertz CT molecular complexity index is 376. The highest BCUT2D eigenvalue weighted by atomic mass is 16.5. The van der Waals surface area contributed by atoms with Crippen LogP contribution in [0.1, 0.15) is 38.3 Å². The van der Waals surface area contributed by atoms with Gasteiger partial charge in [0.1, 0.15) is 0 Å². The molecule has 0 unspecified atom stereocenters. The van der Waals surface area contributed by atoms with Crippen molar-refractivity contribution in [3.8, 4) is 5.88 Å². The molecule has 92 valence electrons. The molecule has 0 N–H and O–H groups in total. The maximum atomic E-state index is 10.9. The van der Waals surface area contributed by atoms with Gasteiger partial charge in [0.05, 0.1) is 12.1 Å². The highest BCUT2D eigenvalue weighted by Crippen LogP contribution is 2.30. The molecule has 0 aliphatic carbocycles. The van der Waals surface area contributed by atoms with Gasteiger partial charge in [-0.05, 0) is 32.3 Å². The summed E-state index contributed by atoms with van der Waals surface area (Å²) in [7, 11) is 0. The van der Waals surface area contributed by atoms with Crippen molar-refractivity contribution in [2.75, 3.05) is 6.54 Å². The molecular weight excluding hydrogens is 216 g/mol. The minimum atomic E-state index is 0.131. The van der Waals surface area contributed by atoms with Crippen LogP contribution in [-0.4, -0.2) is 28.9 Å². The Hall–Kier alpha value is -1.58. The summed E-state index contributed by atoms with van der Waals surface area (Å²) in [5.74, 6) is 0.638. The minimum absolute atomic E-state index is 0.131. The van der Waals surface area contributed by atoms with Crippen LogP contribution in [0.15, 0.2) is 18.3 Å². The van der Waals surface area contributed by atoms with E-state index in [2.05, 4.69) is 4.98 Å². The molecule has 4 heteroatoms. The van der Waals surface area contributed by atoms with Gasteiger partial charge in [-0.3, -0.25) is 4.79 Å². The summed E-state index contributed by atoms with van der Waals surface area (Å²) in [6, 6.07) is 4.06. The summed E-state index contributed by atoms with van der Waals surface area (Å²) in [5.41, 5.74) is 1.09. The van der Waals surface area contributed by atoms with Crippen LogP contribution in [0.3, 0.4) is 0 Å². The molecule has 0 radical (unpaired) electrons. The van der Waals surface area contributed by atoms with Gasteiger partial charge in [-0.15, -0.1) is 0 Å². The van der Waals surface area contributed by atoms with E-state index >= 15 is 0 Å². The van der Waals surface area contributed by atoms with Gasteiger partial charge in [-0.2, -0.15) is 0 Å². The molecule has 1 saturated heterocycles. The molecule has 1 aliphatic rings. The standard InChI is InChI=1S/C13H18N2O2/c1-10(2)17-13-6-5-11(8-14-13)12-4-3-7-15(12)9-16/h5-6,8-10,12H,3-4,7H2,1-2H3/t12-/m0/s1. The van der Waals surface area contributed by atoms with Crippen LogP contribution in [-0.2, 0) is 4.79 Å². The van der Waals surface area contributed by atoms with E-state index < -0.39 is 0 Å². The topological polar surface area (TPSA) is 42.4 Å². The summed E-state index contributed by atoms with van der Waals surface area (Å²) < 4.78 is 5.49. The van der Waals surface area contributed by atoms with E-state index in [1.165, 1.54) is 0 Å². The molecule has 0 bridgehead atoms. The maximum absolute atomic E-state index is 10.9. The molecule has 1 aromatic heterocycles. The Morgan fingerprint density at radius 3 is 2.94 bits per heavy atom. The average molecular weight is 234 g/mol. The SMILES string of the molecule is CC(C)Oc1ccc([C@@H]2CCCN2C=O)cn1. The highest BCUT2D eigenvalue weighted by molar-refractivity contribution is 5.49. The van der Waals surface area contributed by atoms with Crippen LogP contribution in [0.4, 0.5) is 0 Å². The zero-order valence-corrected chi connectivity index (χ0v) is 10.3. The predicted molar refractivity (Wildman–Crippen MR) is 64.7 cm³/mol. The molecule has 0 spiro atoms. The molecule has 1 fully saturated rings. The second kappa shape index (κ2) is 5.17. The lowest BCUT2D eigenvalue weighted by atomic mass is 10.1. The number of amides is 1. The molecular formula is C13H18N2O2. The van der Waals surface area contributed by atoms with Crippen molar-refractivity contribution in [3.63, 3.8) is 0 Å². The largest absolute Gasteiger partial charge is 0.475 e. The molecule has 1 amide bonds. The minimum Gasteiger partial charge on any atom is -0.475 e. The summed E-state index contributed by atoms with van der Waals surface area (Å²) in [4.78, 5) is 17.0. The van der Waals surface area contributed by atoms with E-state index in [-0.39, 0.29) is 12.1 Å². The number of aromatic nitrogens is 1. The van der Waals surface area contributed by atoms with Crippen molar-refractivity contribution in [1.82, 2.24) is 9.88 Å². The fourth-order valence-corrected chi connectivity index (χ4v) is 2.17. The Morgan fingerprint density at radius 2 is 2.35 bits per heavy atom. The molecule has 0 saturated carbocycles. The van der Waals surface area contributed by atoms with Gasteiger partial charge in [0.15, 0.2) is 0 Å². The second-order valence-electron chi connectivity index (χ2n) is 4.60. The quantitative estimate of drug-likeness (QED) is 0.750. The van der Waals surface area contributed by atoms with E-state index in [9.17, 15) is 4.79 Å². The van der Waals surface area contributed by atoms with E-state index in [0.29, 0.717) is 5.88 Å². The highest BCUT2D eigenvalue weighted by Gasteiger charge is 2.24. The Kier molecular flexibility index (Phi) is 3.61. The lowest BCUT2D eigenvalue weighted by Crippen LogP contribution is -2.21. The normalized spacial score (nSPS) is 19.7. The third-order valence-corrected chi connectivity index (χ3v) is 2.93. The van der Waals surface area contributed by atoms with Crippen molar-refractivity contribution >= 4 is 6.41 Å². The second-order valence-corrected chi connectivity index (χ2v) is 4.60. The van der Waals surface area contributed by atoms with Gasteiger partial charge in [0, 0.05) is 18.8 Å². The third-order valence-electron chi connectivity index (χ3n) is 2.93. The number of likely N-dealkylation sites (tertiary alicyclic amines) is 1. The first-order chi connectivity index (χ1) is 8.20. The fraction of sp³-hybridized carbons (Fsp3) is 0.538. The molecule has 0 aromatic carbocycles. The number of nitrogens with zero attached hydrogens (tertiary/aromatic N) is 2. The Labute approximate surface area is 102 Å². The summed E-state index contributed by atoms with van der Waals surface area (Å²) in [6.45, 7) is 4.79. The van der Waals surface area contributed by atoms with Crippen LogP contribution in [0, 0.1) is 0 Å². The van der Waals surface area contributed by atoms with E-state index in [0.717, 1.165) is 31.4 Å². The average Bonchev–Trinajstić information content (AvgIpc) is 2.77. The van der Waals surface area contributed by atoms with Crippen LogP contribution in [0.5, 0.6) is 5.88 Å². The molecule has 4 nitrogen and oxygen atoms in total. The van der Waals surface area contributed by atoms with Crippen molar-refractivity contribution < 1.29 is 9.53 Å². The number of ether oxygens (including phenoxy) is 1. The van der Waals surface area contributed by atoms with Crippen LogP contribution >= 0.6 is 0 Å². The summed E-state index contributed by atoms with van der Waals surface area (Å²) in [6.07, 6.45) is 4.95. The van der Waals surface area contributed by atoms with Crippen molar-refractivity contribution in [2.24, 2.45) is 0 Å². The van der Waals surface area contributed by atoms with Gasteiger partial charge < -0.3 is 9.64 Å². The third kappa shape index (κ3) is 2.75. The first-order valence-corrected chi connectivity index (χ1v) is 6.04. The summed E-state index contributed by atoms with van der Waals surface area (Å²) >= 11 is 0. The van der Waals surface area contributed by atoms with Crippen LogP contribution < -0.4 is 4.74 Å². The number of hydrogen-bond donors (Lipinski definition) is 0. The number of carbonyl (C=O) groups is 1. The van der Waals surface area contributed by atoms with Gasteiger partial charge in [-0.25, -0.2) is 4.98 Å². The first kappa shape index (κ1) is 11.9. The van der Waals surface area contributed by atoms with E-state index in [1.54, 1.807) is 0 Å². The fourth-order valence-electron chi connectivity index (χ4n) is 2.17. The lowest BCUT2D eigenvalue weighted by Gasteiger charge is -2.20. The maximum Gasteiger partial charge on any atom is 0.213 e. The van der Waals surface area contributed by atoms with Crippen molar-refractivity contribution in [2.45, 2.75) is 38.8 Å². The zero-order chi connectivity index (χ0) is 12.3. The Balaban J connectivity index is 2.09. The van der Waals surface area contributed by atoms with Gasteiger partial charge in [0.2, 0.25) is 12.3 Å². The number of carbonyl (C=O) groups excluding carboxylic acids is 1. The molecule has 2 rings (SSSR count). The van der Waals surface area contributed by atoms with Crippen LogP contribution in [0.2, 0.25) is 0 Å². The molecule has 1 aromatic rings. The van der Waals surface area contributed by atoms with E-state index in [1.807, 2.05) is 37.1 Å². The summed E-state index contributed by atoms with van der Waals surface area (Å²) in [5, 5.41) is 0. The monoisotopic (exact) mass is 234 g/mol. The number of rotatable bonds is 4. The Morgan fingerprint density at radius 1 is 1.53 bits per heavy atom. The lowest BCUT2D eigenvalue weighted by molar-refractivity contribution is -0.118. The first-order valence-electron chi connectivity index (χ1n) is 6.04. The van der Waals surface area contributed by atoms with Gasteiger partial charge in [-0.1, -0.05) is 6.07 Å². The van der Waals surface area contributed by atoms with Gasteiger partial charge >= 0.3 is 0 Å². The van der Waals surface area contributed by atoms with Crippen molar-refractivity contribution in [1.29, 1.82) is 0 Å². The molecule has 1 atom stereocenters. The predicted octanol–water partition coefficient (Wildman–Crippen LogP) is 2.16. The van der Waals surface area contributed by atoms with Crippen molar-refractivity contribution in [3.05, 3.63) is 23.9 Å². The van der Waals surface area contributed by atoms with Crippen LogP contribution in [0.25, 0.3) is 0 Å². The van der Waals surface area contributed by atoms with Gasteiger partial charge in [0.25, 0.3) is 0 Å². The smallest absolute Gasteiger partial charge is 0.213 e. The molecule has 2 heterocycles.